The van der Waals surface area contributed by atoms with Crippen molar-refractivity contribution in [2.24, 2.45) is 0 Å². The van der Waals surface area contributed by atoms with Gasteiger partial charge in [-0.1, -0.05) is 18.2 Å². The largest absolute Gasteiger partial charge is 0.309 e. The molecule has 1 aromatic carbocycles. The zero-order valence-electron chi connectivity index (χ0n) is 10.8. The fourth-order valence-electron chi connectivity index (χ4n) is 2.40. The number of fused-ring (bicyclic) bond motifs is 1. The number of aromatic nitrogens is 2. The number of pyridine rings is 1. The van der Waals surface area contributed by atoms with Crippen LogP contribution in [0.2, 0.25) is 0 Å². The van der Waals surface area contributed by atoms with E-state index in [2.05, 4.69) is 10.4 Å². The maximum absolute atomic E-state index is 14.0. The molecule has 0 saturated carbocycles. The predicted molar refractivity (Wildman–Crippen MR) is 72.5 cm³/mol. The van der Waals surface area contributed by atoms with Gasteiger partial charge in [0.1, 0.15) is 0 Å². The molecule has 1 N–H and O–H groups in total. The standard InChI is InChI=1S/C15H13F2N3/c1-18-15(10-5-4-6-12(16)14(10)17)11-9-19-20-8-3-2-7-13(11)20/h2-9,15,18H,1H3. The van der Waals surface area contributed by atoms with Crippen LogP contribution in [0.3, 0.4) is 0 Å². The van der Waals surface area contributed by atoms with Crippen molar-refractivity contribution in [1.29, 1.82) is 0 Å². The van der Waals surface area contributed by atoms with Crippen LogP contribution in [-0.4, -0.2) is 16.7 Å². The van der Waals surface area contributed by atoms with Crippen LogP contribution in [0, 0.1) is 11.6 Å². The second-order valence-corrected chi connectivity index (χ2v) is 4.50. The lowest BCUT2D eigenvalue weighted by Gasteiger charge is -2.16. The molecule has 3 aromatic rings. The number of hydrogen-bond acceptors (Lipinski definition) is 2. The minimum absolute atomic E-state index is 0.270. The monoisotopic (exact) mass is 273 g/mol. The summed E-state index contributed by atoms with van der Waals surface area (Å²) in [5, 5.41) is 7.25. The minimum Gasteiger partial charge on any atom is -0.309 e. The first-order valence-corrected chi connectivity index (χ1v) is 6.26. The third-order valence-electron chi connectivity index (χ3n) is 3.35. The van der Waals surface area contributed by atoms with Crippen LogP contribution in [0.25, 0.3) is 5.52 Å². The van der Waals surface area contributed by atoms with Crippen LogP contribution in [0.15, 0.2) is 48.8 Å². The average molecular weight is 273 g/mol. The topological polar surface area (TPSA) is 29.3 Å². The van der Waals surface area contributed by atoms with E-state index in [9.17, 15) is 8.78 Å². The van der Waals surface area contributed by atoms with E-state index in [0.717, 1.165) is 17.1 Å². The van der Waals surface area contributed by atoms with Crippen molar-refractivity contribution in [3.63, 3.8) is 0 Å². The second kappa shape index (κ2) is 5.02. The summed E-state index contributed by atoms with van der Waals surface area (Å²) in [5.74, 6) is -1.68. The van der Waals surface area contributed by atoms with Gasteiger partial charge in [0, 0.05) is 17.3 Å². The lowest BCUT2D eigenvalue weighted by Crippen LogP contribution is -2.19. The van der Waals surface area contributed by atoms with Gasteiger partial charge in [-0.05, 0) is 25.2 Å². The zero-order valence-corrected chi connectivity index (χ0v) is 10.8. The van der Waals surface area contributed by atoms with Crippen LogP contribution >= 0.6 is 0 Å². The van der Waals surface area contributed by atoms with Crippen molar-refractivity contribution in [2.45, 2.75) is 6.04 Å². The Kier molecular flexibility index (Phi) is 3.20. The minimum atomic E-state index is -0.848. The molecule has 0 amide bonds. The molecule has 1 unspecified atom stereocenters. The molecule has 20 heavy (non-hydrogen) atoms. The van der Waals surface area contributed by atoms with E-state index in [1.165, 1.54) is 6.07 Å². The van der Waals surface area contributed by atoms with Gasteiger partial charge in [-0.25, -0.2) is 13.3 Å². The number of hydrogen-bond donors (Lipinski definition) is 1. The molecule has 3 nitrogen and oxygen atoms in total. The summed E-state index contributed by atoms with van der Waals surface area (Å²) in [6.45, 7) is 0. The molecule has 102 valence electrons. The molecule has 2 heterocycles. The number of nitrogens with zero attached hydrogens (tertiary/aromatic N) is 2. The predicted octanol–water partition coefficient (Wildman–Crippen LogP) is 2.92. The quantitative estimate of drug-likeness (QED) is 0.795. The van der Waals surface area contributed by atoms with E-state index in [-0.39, 0.29) is 5.56 Å². The van der Waals surface area contributed by atoms with Crippen molar-refractivity contribution in [3.8, 4) is 0 Å². The van der Waals surface area contributed by atoms with Gasteiger partial charge in [0.05, 0.1) is 17.8 Å². The van der Waals surface area contributed by atoms with Gasteiger partial charge in [-0.2, -0.15) is 5.10 Å². The fraction of sp³-hybridized carbons (Fsp3) is 0.133. The van der Waals surface area contributed by atoms with Crippen molar-refractivity contribution < 1.29 is 8.78 Å². The van der Waals surface area contributed by atoms with Crippen molar-refractivity contribution >= 4 is 5.52 Å². The van der Waals surface area contributed by atoms with Crippen molar-refractivity contribution in [3.05, 3.63) is 71.6 Å². The van der Waals surface area contributed by atoms with Gasteiger partial charge in [0.25, 0.3) is 0 Å². The van der Waals surface area contributed by atoms with E-state index in [1.807, 2.05) is 24.4 Å². The molecule has 0 spiro atoms. The number of halogens is 2. The Bertz CT molecular complexity index is 752. The van der Waals surface area contributed by atoms with Gasteiger partial charge >= 0.3 is 0 Å². The molecule has 0 radical (unpaired) electrons. The van der Waals surface area contributed by atoms with Crippen LogP contribution in [0.5, 0.6) is 0 Å². The van der Waals surface area contributed by atoms with E-state index in [1.54, 1.807) is 23.8 Å². The Balaban J connectivity index is 2.17. The average Bonchev–Trinajstić information content (AvgIpc) is 2.88. The molecule has 0 aliphatic rings. The summed E-state index contributed by atoms with van der Waals surface area (Å²) >= 11 is 0. The zero-order chi connectivity index (χ0) is 14.1. The lowest BCUT2D eigenvalue weighted by atomic mass is 9.99. The molecule has 1 atom stereocenters. The first-order valence-electron chi connectivity index (χ1n) is 6.26. The smallest absolute Gasteiger partial charge is 0.163 e. The molecular weight excluding hydrogens is 260 g/mol. The highest BCUT2D eigenvalue weighted by molar-refractivity contribution is 5.57. The molecule has 5 heteroatoms. The summed E-state index contributed by atoms with van der Waals surface area (Å²) in [7, 11) is 1.71. The SMILES string of the molecule is CNC(c1cccc(F)c1F)c1cnn2ccccc12. The fourth-order valence-corrected chi connectivity index (χ4v) is 2.40. The normalized spacial score (nSPS) is 12.8. The molecule has 0 bridgehead atoms. The van der Waals surface area contributed by atoms with Gasteiger partial charge in [0.2, 0.25) is 0 Å². The van der Waals surface area contributed by atoms with Gasteiger partial charge < -0.3 is 5.32 Å². The Morgan fingerprint density at radius 2 is 1.95 bits per heavy atom. The third-order valence-corrected chi connectivity index (χ3v) is 3.35. The van der Waals surface area contributed by atoms with Gasteiger partial charge in [0.15, 0.2) is 11.6 Å². The summed E-state index contributed by atoms with van der Waals surface area (Å²) in [5.41, 5.74) is 1.93. The Morgan fingerprint density at radius 3 is 2.75 bits per heavy atom. The second-order valence-electron chi connectivity index (χ2n) is 4.50. The van der Waals surface area contributed by atoms with E-state index in [0.29, 0.717) is 0 Å². The maximum atomic E-state index is 14.0. The summed E-state index contributed by atoms with van der Waals surface area (Å²) in [4.78, 5) is 0. The Morgan fingerprint density at radius 1 is 1.10 bits per heavy atom. The van der Waals surface area contributed by atoms with Crippen LogP contribution < -0.4 is 5.32 Å². The maximum Gasteiger partial charge on any atom is 0.163 e. The highest BCUT2D eigenvalue weighted by Gasteiger charge is 2.21. The third kappa shape index (κ3) is 1.96. The van der Waals surface area contributed by atoms with Crippen LogP contribution in [-0.2, 0) is 0 Å². The molecule has 2 aromatic heterocycles. The number of nitrogens with one attached hydrogen (secondary N) is 1. The van der Waals surface area contributed by atoms with E-state index >= 15 is 0 Å². The first kappa shape index (κ1) is 12.7. The van der Waals surface area contributed by atoms with E-state index in [4.69, 9.17) is 0 Å². The Hall–Kier alpha value is -2.27. The Labute approximate surface area is 114 Å². The molecule has 0 aliphatic heterocycles. The van der Waals surface area contributed by atoms with Crippen LogP contribution in [0.1, 0.15) is 17.2 Å². The van der Waals surface area contributed by atoms with E-state index < -0.39 is 17.7 Å². The summed E-state index contributed by atoms with van der Waals surface area (Å²) < 4.78 is 29.1. The van der Waals surface area contributed by atoms with Crippen molar-refractivity contribution in [1.82, 2.24) is 14.9 Å². The highest BCUT2D eigenvalue weighted by Crippen LogP contribution is 2.28. The highest BCUT2D eigenvalue weighted by atomic mass is 19.2. The van der Waals surface area contributed by atoms with Gasteiger partial charge in [-0.15, -0.1) is 0 Å². The van der Waals surface area contributed by atoms with Gasteiger partial charge in [-0.3, -0.25) is 0 Å². The lowest BCUT2D eigenvalue weighted by molar-refractivity contribution is 0.487. The molecule has 3 rings (SSSR count). The summed E-state index contributed by atoms with van der Waals surface area (Å²) in [6, 6.07) is 9.38. The first-order chi connectivity index (χ1) is 9.72. The molecular formula is C15H13F2N3. The van der Waals surface area contributed by atoms with Crippen LogP contribution in [0.4, 0.5) is 8.78 Å². The number of benzene rings is 1. The van der Waals surface area contributed by atoms with Crippen molar-refractivity contribution in [2.75, 3.05) is 7.05 Å². The summed E-state index contributed by atoms with van der Waals surface area (Å²) in [6.07, 6.45) is 3.48. The molecule has 0 aliphatic carbocycles. The number of rotatable bonds is 3. The molecule has 0 saturated heterocycles. The molecule has 0 fully saturated rings.